The van der Waals surface area contributed by atoms with Gasteiger partial charge in [-0.2, -0.15) is 0 Å². The number of nitrogens with one attached hydrogen (secondary N) is 1. The van der Waals surface area contributed by atoms with Gasteiger partial charge < -0.3 is 21.9 Å². The van der Waals surface area contributed by atoms with Crippen molar-refractivity contribution in [1.82, 2.24) is 5.32 Å². The Morgan fingerprint density at radius 2 is 1.93 bits per heavy atom. The van der Waals surface area contributed by atoms with Gasteiger partial charge in [0.15, 0.2) is 0 Å². The highest BCUT2D eigenvalue weighted by atomic mass is 16.4. The van der Waals surface area contributed by atoms with Crippen molar-refractivity contribution < 1.29 is 19.5 Å². The first-order chi connectivity index (χ1) is 6.34. The molecule has 0 unspecified atom stereocenters. The van der Waals surface area contributed by atoms with Crippen LogP contribution in [0.1, 0.15) is 13.3 Å². The first kappa shape index (κ1) is 12.4. The van der Waals surface area contributed by atoms with Gasteiger partial charge in [0.2, 0.25) is 11.8 Å². The van der Waals surface area contributed by atoms with Crippen LogP contribution in [0.25, 0.3) is 0 Å². The average molecular weight is 203 g/mol. The normalized spacial score (nSPS) is 14.1. The highest BCUT2D eigenvalue weighted by molar-refractivity contribution is 5.90. The van der Waals surface area contributed by atoms with Crippen molar-refractivity contribution in [1.29, 1.82) is 0 Å². The molecule has 7 heteroatoms. The summed E-state index contributed by atoms with van der Waals surface area (Å²) in [5.41, 5.74) is 10.1. The van der Waals surface area contributed by atoms with Gasteiger partial charge in [-0.1, -0.05) is 0 Å². The minimum atomic E-state index is -1.18. The van der Waals surface area contributed by atoms with Gasteiger partial charge in [0.25, 0.3) is 0 Å². The Morgan fingerprint density at radius 3 is 2.29 bits per heavy atom. The van der Waals surface area contributed by atoms with Crippen LogP contribution in [0.3, 0.4) is 0 Å². The highest BCUT2D eigenvalue weighted by Crippen LogP contribution is 1.89. The van der Waals surface area contributed by atoms with Gasteiger partial charge in [0, 0.05) is 0 Å². The summed E-state index contributed by atoms with van der Waals surface area (Å²) in [6.45, 7) is 1.29. The van der Waals surface area contributed by atoms with Crippen molar-refractivity contribution in [2.45, 2.75) is 25.4 Å². The predicted octanol–water partition coefficient (Wildman–Crippen LogP) is -2.22. The Balaban J connectivity index is 4.07. The molecule has 0 heterocycles. The van der Waals surface area contributed by atoms with E-state index in [2.05, 4.69) is 5.32 Å². The Kier molecular flexibility index (Phi) is 4.57. The molecule has 0 radical (unpaired) electrons. The number of aliphatic carboxylic acids is 1. The van der Waals surface area contributed by atoms with Gasteiger partial charge in [0.05, 0.1) is 12.5 Å². The van der Waals surface area contributed by atoms with Gasteiger partial charge in [-0.3, -0.25) is 14.4 Å². The van der Waals surface area contributed by atoms with Crippen molar-refractivity contribution in [3.63, 3.8) is 0 Å². The Hall–Kier alpha value is -1.63. The van der Waals surface area contributed by atoms with Crippen LogP contribution in [-0.4, -0.2) is 35.0 Å². The highest BCUT2D eigenvalue weighted by Gasteiger charge is 2.20. The van der Waals surface area contributed by atoms with E-state index in [1.165, 1.54) is 6.92 Å². The lowest BCUT2D eigenvalue weighted by molar-refractivity contribution is -0.141. The van der Waals surface area contributed by atoms with Gasteiger partial charge in [-0.25, -0.2) is 0 Å². The molecule has 0 aromatic rings. The maximum atomic E-state index is 11.1. The van der Waals surface area contributed by atoms with E-state index >= 15 is 0 Å². The maximum absolute atomic E-state index is 11.1. The molecular formula is C7H13N3O4. The quantitative estimate of drug-likeness (QED) is 0.401. The van der Waals surface area contributed by atoms with Crippen LogP contribution in [-0.2, 0) is 14.4 Å². The van der Waals surface area contributed by atoms with E-state index in [1.54, 1.807) is 0 Å². The molecular weight excluding hydrogens is 190 g/mol. The minimum absolute atomic E-state index is 0.307. The van der Waals surface area contributed by atoms with Crippen molar-refractivity contribution in [3.05, 3.63) is 0 Å². The maximum Gasteiger partial charge on any atom is 0.325 e. The number of carboxylic acids is 1. The van der Waals surface area contributed by atoms with Gasteiger partial charge >= 0.3 is 5.97 Å². The molecule has 0 aromatic heterocycles. The lowest BCUT2D eigenvalue weighted by atomic mass is 10.2. The number of carbonyl (C=O) groups is 3. The molecule has 0 aliphatic carbocycles. The molecule has 0 rings (SSSR count). The molecule has 0 bridgehead atoms. The largest absolute Gasteiger partial charge is 0.480 e. The third kappa shape index (κ3) is 4.41. The molecule has 0 saturated carbocycles. The van der Waals surface area contributed by atoms with E-state index < -0.39 is 29.9 Å². The van der Waals surface area contributed by atoms with Crippen LogP contribution < -0.4 is 16.8 Å². The summed E-state index contributed by atoms with van der Waals surface area (Å²) < 4.78 is 0. The number of primary amides is 1. The summed E-state index contributed by atoms with van der Waals surface area (Å²) in [5, 5.41) is 10.6. The fourth-order valence-electron chi connectivity index (χ4n) is 0.692. The van der Waals surface area contributed by atoms with Crippen LogP contribution in [0.4, 0.5) is 0 Å². The van der Waals surface area contributed by atoms with Crippen LogP contribution >= 0.6 is 0 Å². The topological polar surface area (TPSA) is 136 Å². The average Bonchev–Trinajstić information content (AvgIpc) is 2.02. The number of hydrogen-bond acceptors (Lipinski definition) is 4. The molecule has 0 aliphatic rings. The zero-order chi connectivity index (χ0) is 11.3. The third-order valence-electron chi connectivity index (χ3n) is 1.49. The fraction of sp³-hybridized carbons (Fsp3) is 0.571. The first-order valence-corrected chi connectivity index (χ1v) is 3.91. The van der Waals surface area contributed by atoms with Crippen molar-refractivity contribution in [3.8, 4) is 0 Å². The molecule has 0 fully saturated rings. The van der Waals surface area contributed by atoms with E-state index in [1.807, 2.05) is 0 Å². The van der Waals surface area contributed by atoms with Crippen molar-refractivity contribution in [2.24, 2.45) is 11.5 Å². The lowest BCUT2D eigenvalue weighted by Crippen LogP contribution is -2.48. The van der Waals surface area contributed by atoms with Crippen LogP contribution in [0, 0.1) is 0 Å². The zero-order valence-corrected chi connectivity index (χ0v) is 7.69. The summed E-state index contributed by atoms with van der Waals surface area (Å²) in [6, 6.07) is -2.14. The van der Waals surface area contributed by atoms with E-state index in [-0.39, 0.29) is 6.42 Å². The summed E-state index contributed by atoms with van der Waals surface area (Å²) >= 11 is 0. The number of hydrogen-bond donors (Lipinski definition) is 4. The molecule has 0 aliphatic heterocycles. The predicted molar refractivity (Wildman–Crippen MR) is 47.0 cm³/mol. The van der Waals surface area contributed by atoms with Gasteiger partial charge in [-0.05, 0) is 6.92 Å². The molecule has 7 nitrogen and oxygen atoms in total. The molecule has 0 spiro atoms. The second-order valence-corrected chi connectivity index (χ2v) is 2.85. The van der Waals surface area contributed by atoms with E-state index in [0.29, 0.717) is 0 Å². The van der Waals surface area contributed by atoms with Gasteiger partial charge in [-0.15, -0.1) is 0 Å². The standard InChI is InChI=1S/C7H13N3O4/c1-3(7(13)14)10-6(12)4(8)2-5(9)11/h3-4H,2,8H2,1H3,(H2,9,11)(H,10,12)(H,13,14)/t3-,4+/m1/s1. The molecule has 14 heavy (non-hydrogen) atoms. The number of carbonyl (C=O) groups excluding carboxylic acids is 2. The minimum Gasteiger partial charge on any atom is -0.480 e. The third-order valence-corrected chi connectivity index (χ3v) is 1.49. The second-order valence-electron chi connectivity index (χ2n) is 2.85. The molecule has 6 N–H and O–H groups in total. The summed E-state index contributed by atoms with van der Waals surface area (Å²) in [6.07, 6.45) is -0.307. The van der Waals surface area contributed by atoms with E-state index in [4.69, 9.17) is 16.6 Å². The first-order valence-electron chi connectivity index (χ1n) is 3.91. The SMILES string of the molecule is C[C@@H](NC(=O)[C@@H](N)CC(N)=O)C(=O)O. The molecule has 0 aromatic carbocycles. The second kappa shape index (κ2) is 5.18. The lowest BCUT2D eigenvalue weighted by Gasteiger charge is -2.13. The Morgan fingerprint density at radius 1 is 1.43 bits per heavy atom. The molecule has 2 atom stereocenters. The number of rotatable bonds is 5. The number of amides is 2. The Labute approximate surface area is 80.4 Å². The summed E-state index contributed by atoms with van der Waals surface area (Å²) in [4.78, 5) is 31.8. The fourth-order valence-corrected chi connectivity index (χ4v) is 0.692. The van der Waals surface area contributed by atoms with E-state index in [0.717, 1.165) is 0 Å². The molecule has 80 valence electrons. The van der Waals surface area contributed by atoms with Crippen LogP contribution in [0.2, 0.25) is 0 Å². The van der Waals surface area contributed by atoms with E-state index in [9.17, 15) is 14.4 Å². The van der Waals surface area contributed by atoms with Crippen LogP contribution in [0.15, 0.2) is 0 Å². The number of nitrogens with two attached hydrogens (primary N) is 2. The number of carboxylic acid groups (broad SMARTS) is 1. The van der Waals surface area contributed by atoms with Crippen LogP contribution in [0.5, 0.6) is 0 Å². The smallest absolute Gasteiger partial charge is 0.325 e. The molecule has 2 amide bonds. The monoisotopic (exact) mass is 203 g/mol. The van der Waals surface area contributed by atoms with Gasteiger partial charge in [0.1, 0.15) is 6.04 Å². The summed E-state index contributed by atoms with van der Waals surface area (Å²) in [5.74, 6) is -2.60. The van der Waals surface area contributed by atoms with Crippen molar-refractivity contribution >= 4 is 17.8 Å². The summed E-state index contributed by atoms with van der Waals surface area (Å²) in [7, 11) is 0. The molecule has 0 saturated heterocycles. The van der Waals surface area contributed by atoms with Crippen molar-refractivity contribution in [2.75, 3.05) is 0 Å². The zero-order valence-electron chi connectivity index (χ0n) is 7.69. The Bertz CT molecular complexity index is 253.